The van der Waals surface area contributed by atoms with Crippen LogP contribution in [0.2, 0.25) is 0 Å². The summed E-state index contributed by atoms with van der Waals surface area (Å²) in [7, 11) is 4.54. The standard InChI is InChI=1S/C14H29N3/c1-16-9-5-13(6-10-16)17(2)12-14(11-15)7-3-4-8-14/h13H,3-12,15H2,1-2H3. The maximum atomic E-state index is 6.03. The number of nitrogens with zero attached hydrogens (tertiary/aromatic N) is 2. The first-order valence-electron chi connectivity index (χ1n) is 7.24. The lowest BCUT2D eigenvalue weighted by molar-refractivity contribution is 0.0977. The summed E-state index contributed by atoms with van der Waals surface area (Å²) < 4.78 is 0. The molecule has 3 heteroatoms. The molecule has 1 saturated heterocycles. The summed E-state index contributed by atoms with van der Waals surface area (Å²) in [4.78, 5) is 5.05. The Kier molecular flexibility index (Phi) is 4.45. The molecule has 0 bridgehead atoms. The summed E-state index contributed by atoms with van der Waals surface area (Å²) in [6.07, 6.45) is 8.12. The van der Waals surface area contributed by atoms with E-state index in [1.54, 1.807) is 0 Å². The van der Waals surface area contributed by atoms with E-state index in [0.29, 0.717) is 5.41 Å². The van der Waals surface area contributed by atoms with Crippen LogP contribution in [0.5, 0.6) is 0 Å². The van der Waals surface area contributed by atoms with Gasteiger partial charge in [0.05, 0.1) is 0 Å². The van der Waals surface area contributed by atoms with Gasteiger partial charge in [0, 0.05) is 12.6 Å². The number of likely N-dealkylation sites (tertiary alicyclic amines) is 1. The molecule has 2 aliphatic rings. The Morgan fingerprint density at radius 2 is 1.82 bits per heavy atom. The van der Waals surface area contributed by atoms with Crippen molar-refractivity contribution in [1.82, 2.24) is 9.80 Å². The Labute approximate surface area is 106 Å². The third-order valence-corrected chi connectivity index (χ3v) is 4.99. The normalized spacial score (nSPS) is 26.8. The molecule has 3 nitrogen and oxygen atoms in total. The maximum Gasteiger partial charge on any atom is 0.0117 e. The second kappa shape index (κ2) is 5.68. The van der Waals surface area contributed by atoms with Crippen LogP contribution >= 0.6 is 0 Å². The van der Waals surface area contributed by atoms with E-state index in [1.165, 1.54) is 58.2 Å². The molecule has 2 rings (SSSR count). The van der Waals surface area contributed by atoms with E-state index in [9.17, 15) is 0 Å². The minimum atomic E-state index is 0.443. The molecule has 0 aromatic heterocycles. The van der Waals surface area contributed by atoms with Gasteiger partial charge in [0.1, 0.15) is 0 Å². The van der Waals surface area contributed by atoms with Gasteiger partial charge >= 0.3 is 0 Å². The fourth-order valence-corrected chi connectivity index (χ4v) is 3.65. The lowest BCUT2D eigenvalue weighted by Gasteiger charge is -2.40. The number of nitrogens with two attached hydrogens (primary N) is 1. The van der Waals surface area contributed by atoms with Gasteiger partial charge in [-0.3, -0.25) is 0 Å². The minimum absolute atomic E-state index is 0.443. The van der Waals surface area contributed by atoms with Crippen LogP contribution in [-0.4, -0.2) is 56.1 Å². The molecule has 0 amide bonds. The van der Waals surface area contributed by atoms with Crippen LogP contribution < -0.4 is 5.73 Å². The SMILES string of the molecule is CN1CCC(N(C)CC2(CN)CCCC2)CC1. The monoisotopic (exact) mass is 239 g/mol. The van der Waals surface area contributed by atoms with E-state index in [2.05, 4.69) is 23.9 Å². The summed E-state index contributed by atoms with van der Waals surface area (Å²) in [5.74, 6) is 0. The number of hydrogen-bond donors (Lipinski definition) is 1. The second-order valence-corrected chi connectivity index (χ2v) is 6.36. The van der Waals surface area contributed by atoms with E-state index >= 15 is 0 Å². The lowest BCUT2D eigenvalue weighted by Crippen LogP contribution is -2.47. The van der Waals surface area contributed by atoms with Crippen molar-refractivity contribution >= 4 is 0 Å². The Morgan fingerprint density at radius 3 is 2.35 bits per heavy atom. The van der Waals surface area contributed by atoms with Crippen LogP contribution in [-0.2, 0) is 0 Å². The van der Waals surface area contributed by atoms with Crippen molar-refractivity contribution in [2.24, 2.45) is 11.1 Å². The molecule has 0 unspecified atom stereocenters. The quantitative estimate of drug-likeness (QED) is 0.807. The highest BCUT2D eigenvalue weighted by Crippen LogP contribution is 2.38. The molecule has 100 valence electrons. The minimum Gasteiger partial charge on any atom is -0.330 e. The zero-order valence-corrected chi connectivity index (χ0v) is 11.6. The first-order chi connectivity index (χ1) is 8.15. The van der Waals surface area contributed by atoms with Crippen molar-refractivity contribution in [3.63, 3.8) is 0 Å². The maximum absolute atomic E-state index is 6.03. The summed E-state index contributed by atoms with van der Waals surface area (Å²) in [6, 6.07) is 0.787. The first-order valence-corrected chi connectivity index (χ1v) is 7.24. The number of hydrogen-bond acceptors (Lipinski definition) is 3. The summed E-state index contributed by atoms with van der Waals surface area (Å²) >= 11 is 0. The van der Waals surface area contributed by atoms with Crippen LogP contribution in [0, 0.1) is 5.41 Å². The van der Waals surface area contributed by atoms with Crippen molar-refractivity contribution in [3.8, 4) is 0 Å². The van der Waals surface area contributed by atoms with Crippen molar-refractivity contribution in [2.75, 3.05) is 40.3 Å². The molecule has 2 fully saturated rings. The average molecular weight is 239 g/mol. The van der Waals surface area contributed by atoms with Gasteiger partial charge in [-0.25, -0.2) is 0 Å². The smallest absolute Gasteiger partial charge is 0.0117 e. The zero-order chi connectivity index (χ0) is 12.3. The van der Waals surface area contributed by atoms with Crippen LogP contribution in [0.3, 0.4) is 0 Å². The Bertz CT molecular complexity index is 228. The fourth-order valence-electron chi connectivity index (χ4n) is 3.65. The number of rotatable bonds is 4. The lowest BCUT2D eigenvalue weighted by atomic mass is 9.85. The van der Waals surface area contributed by atoms with E-state index < -0.39 is 0 Å². The molecule has 17 heavy (non-hydrogen) atoms. The Balaban J connectivity index is 1.85. The molecule has 0 aromatic rings. The van der Waals surface area contributed by atoms with E-state index in [4.69, 9.17) is 5.73 Å². The Morgan fingerprint density at radius 1 is 1.24 bits per heavy atom. The third-order valence-electron chi connectivity index (χ3n) is 4.99. The largest absolute Gasteiger partial charge is 0.330 e. The molecule has 1 aliphatic heterocycles. The zero-order valence-electron chi connectivity index (χ0n) is 11.6. The average Bonchev–Trinajstić information content (AvgIpc) is 2.79. The molecule has 1 aliphatic carbocycles. The van der Waals surface area contributed by atoms with Gasteiger partial charge < -0.3 is 15.5 Å². The molecular formula is C14H29N3. The molecule has 0 radical (unpaired) electrons. The highest BCUT2D eigenvalue weighted by atomic mass is 15.2. The molecule has 0 aromatic carbocycles. The topological polar surface area (TPSA) is 32.5 Å². The predicted molar refractivity (Wildman–Crippen MR) is 73.1 cm³/mol. The van der Waals surface area contributed by atoms with Crippen molar-refractivity contribution < 1.29 is 0 Å². The molecule has 0 spiro atoms. The van der Waals surface area contributed by atoms with Crippen molar-refractivity contribution in [1.29, 1.82) is 0 Å². The van der Waals surface area contributed by atoms with E-state index in [0.717, 1.165) is 12.6 Å². The van der Waals surface area contributed by atoms with Crippen molar-refractivity contribution in [3.05, 3.63) is 0 Å². The molecule has 1 heterocycles. The summed E-state index contributed by atoms with van der Waals surface area (Å²) in [6.45, 7) is 4.61. The summed E-state index contributed by atoms with van der Waals surface area (Å²) in [5, 5.41) is 0. The van der Waals surface area contributed by atoms with Gasteiger partial charge in [0.25, 0.3) is 0 Å². The van der Waals surface area contributed by atoms with Crippen LogP contribution in [0.25, 0.3) is 0 Å². The van der Waals surface area contributed by atoms with Gasteiger partial charge in [-0.2, -0.15) is 0 Å². The molecule has 2 N–H and O–H groups in total. The van der Waals surface area contributed by atoms with Gasteiger partial charge in [0.2, 0.25) is 0 Å². The first kappa shape index (κ1) is 13.3. The Hall–Kier alpha value is -0.120. The van der Waals surface area contributed by atoms with Crippen molar-refractivity contribution in [2.45, 2.75) is 44.6 Å². The van der Waals surface area contributed by atoms with Crippen LogP contribution in [0.15, 0.2) is 0 Å². The van der Waals surface area contributed by atoms with Gasteiger partial charge in [-0.15, -0.1) is 0 Å². The highest BCUT2D eigenvalue weighted by Gasteiger charge is 2.35. The molecular weight excluding hydrogens is 210 g/mol. The van der Waals surface area contributed by atoms with Gasteiger partial charge in [-0.1, -0.05) is 12.8 Å². The predicted octanol–water partition coefficient (Wildman–Crippen LogP) is 1.53. The van der Waals surface area contributed by atoms with Crippen LogP contribution in [0.1, 0.15) is 38.5 Å². The van der Waals surface area contributed by atoms with Gasteiger partial charge in [-0.05, 0) is 64.8 Å². The molecule has 1 saturated carbocycles. The summed E-state index contributed by atoms with van der Waals surface area (Å²) in [5.41, 5.74) is 6.48. The van der Waals surface area contributed by atoms with E-state index in [1.807, 2.05) is 0 Å². The second-order valence-electron chi connectivity index (χ2n) is 6.36. The third kappa shape index (κ3) is 3.21. The highest BCUT2D eigenvalue weighted by molar-refractivity contribution is 4.90. The van der Waals surface area contributed by atoms with E-state index in [-0.39, 0.29) is 0 Å². The van der Waals surface area contributed by atoms with Gasteiger partial charge in [0.15, 0.2) is 0 Å². The fraction of sp³-hybridized carbons (Fsp3) is 1.00. The molecule has 0 atom stereocenters. The van der Waals surface area contributed by atoms with Crippen LogP contribution in [0.4, 0.5) is 0 Å². The number of piperidine rings is 1.